The van der Waals surface area contributed by atoms with Crippen LogP contribution >= 0.6 is 43.2 Å². The molecule has 90 valence electrons. The van der Waals surface area contributed by atoms with Crippen molar-refractivity contribution in [1.82, 2.24) is 14.5 Å². The Morgan fingerprint density at radius 1 is 1.75 bits per heavy atom. The molecule has 0 spiro atoms. The van der Waals surface area contributed by atoms with Gasteiger partial charge in [-0.05, 0) is 27.3 Å². The van der Waals surface area contributed by atoms with Gasteiger partial charge in [-0.1, -0.05) is 15.9 Å². The highest BCUT2D eigenvalue weighted by Gasteiger charge is 2.42. The zero-order valence-corrected chi connectivity index (χ0v) is 12.3. The van der Waals surface area contributed by atoms with E-state index in [1.54, 1.807) is 6.20 Å². The first-order valence-corrected chi connectivity index (χ1v) is 7.46. The maximum atomic E-state index is 12.5. The summed E-state index contributed by atoms with van der Waals surface area (Å²) >= 11 is 7.87. The van der Waals surface area contributed by atoms with Crippen LogP contribution in [0.5, 0.6) is 0 Å². The molecule has 1 saturated heterocycles. The van der Waals surface area contributed by atoms with Gasteiger partial charge in [0.15, 0.2) is 0 Å². The Morgan fingerprint density at radius 2 is 2.50 bits per heavy atom. The Bertz CT molecular complexity index is 378. The molecule has 0 aromatic carbocycles. The number of thiazole rings is 1. The van der Waals surface area contributed by atoms with E-state index in [9.17, 15) is 10.3 Å². The highest BCUT2D eigenvalue weighted by atomic mass is 79.9. The lowest BCUT2D eigenvalue weighted by Crippen LogP contribution is -2.48. The number of aliphatic hydroxyl groups excluding tert-OH is 1. The van der Waals surface area contributed by atoms with Crippen LogP contribution in [0.25, 0.3) is 0 Å². The molecule has 0 amide bonds. The average molecular weight is 373 g/mol. The van der Waals surface area contributed by atoms with E-state index in [-0.39, 0.29) is 6.67 Å². The van der Waals surface area contributed by atoms with E-state index in [0.717, 1.165) is 15.7 Å². The van der Waals surface area contributed by atoms with Crippen molar-refractivity contribution in [3.05, 3.63) is 15.2 Å². The molecule has 2 atom stereocenters. The third kappa shape index (κ3) is 2.33. The molecule has 5 nitrogen and oxygen atoms in total. The number of hydroxylamine groups is 2. The zero-order valence-electron chi connectivity index (χ0n) is 8.34. The van der Waals surface area contributed by atoms with Gasteiger partial charge in [0.1, 0.15) is 6.67 Å². The molecule has 1 fully saturated rings. The molecule has 0 saturated carbocycles. The normalized spacial score (nSPS) is 31.1. The summed E-state index contributed by atoms with van der Waals surface area (Å²) in [6.45, 7) is 1.41. The smallest absolute Gasteiger partial charge is 0.290 e. The fraction of sp³-hybridized carbons (Fsp3) is 0.625. The average Bonchev–Trinajstić information content (AvgIpc) is 2.75. The number of β-amino-alcohol motifs (C(OH)–C–C–N with tert-alkyl or cyclic N) is 1. The van der Waals surface area contributed by atoms with Gasteiger partial charge in [-0.15, -0.1) is 0 Å². The number of nitrogens with zero attached hydrogens (tertiary/aromatic N) is 3. The minimum atomic E-state index is -0.947. The molecule has 0 aliphatic carbocycles. The van der Waals surface area contributed by atoms with Gasteiger partial charge in [0.25, 0.3) is 5.13 Å². The van der Waals surface area contributed by atoms with Gasteiger partial charge in [0.05, 0.1) is 16.5 Å². The fourth-order valence-electron chi connectivity index (χ4n) is 1.70. The Hall–Kier alpha value is 0.430. The summed E-state index contributed by atoms with van der Waals surface area (Å²) in [5, 5.41) is 23.5. The summed E-state index contributed by atoms with van der Waals surface area (Å²) < 4.78 is 0.0468. The first-order valence-electron chi connectivity index (χ1n) is 4.73. The number of hydrogen-bond acceptors (Lipinski definition) is 5. The van der Waals surface area contributed by atoms with E-state index in [1.807, 2.05) is 4.90 Å². The third-order valence-corrected chi connectivity index (χ3v) is 4.45. The molecule has 0 radical (unpaired) electrons. The predicted octanol–water partition coefficient (Wildman–Crippen LogP) is 1.70. The van der Waals surface area contributed by atoms with Crippen LogP contribution < -0.4 is 4.65 Å². The van der Waals surface area contributed by atoms with Crippen molar-refractivity contribution in [2.24, 2.45) is 0 Å². The Kier molecular flexibility index (Phi) is 4.00. The van der Waals surface area contributed by atoms with Gasteiger partial charge in [-0.3, -0.25) is 4.65 Å². The van der Waals surface area contributed by atoms with Gasteiger partial charge in [-0.2, -0.15) is 4.98 Å². The van der Waals surface area contributed by atoms with E-state index in [1.165, 1.54) is 11.3 Å². The Labute approximate surface area is 114 Å². The third-order valence-electron chi connectivity index (χ3n) is 2.50. The number of aromatic nitrogens is 1. The van der Waals surface area contributed by atoms with Crippen LogP contribution in [0.2, 0.25) is 0 Å². The highest BCUT2D eigenvalue weighted by Crippen LogP contribution is 2.35. The quantitative estimate of drug-likeness (QED) is 0.498. The maximum Gasteiger partial charge on any atom is 0.290 e. The van der Waals surface area contributed by atoms with E-state index in [4.69, 9.17) is 0 Å². The summed E-state index contributed by atoms with van der Waals surface area (Å²) in [4.78, 5) is 5.98. The number of halogens is 2. The minimum Gasteiger partial charge on any atom is -0.623 e. The molecule has 0 bridgehead atoms. The van der Waals surface area contributed by atoms with Crippen LogP contribution in [-0.4, -0.2) is 46.3 Å². The van der Waals surface area contributed by atoms with Gasteiger partial charge >= 0.3 is 0 Å². The van der Waals surface area contributed by atoms with Crippen molar-refractivity contribution < 1.29 is 5.11 Å². The maximum absolute atomic E-state index is 12.5. The molecule has 2 heterocycles. The second-order valence-electron chi connectivity index (χ2n) is 3.63. The molecule has 2 unspecified atom stereocenters. The van der Waals surface area contributed by atoms with Crippen LogP contribution in [0.15, 0.2) is 9.98 Å². The van der Waals surface area contributed by atoms with Crippen LogP contribution in [0.1, 0.15) is 0 Å². The lowest BCUT2D eigenvalue weighted by molar-refractivity contribution is 0.0847. The van der Waals surface area contributed by atoms with E-state index >= 15 is 0 Å². The SMILES string of the molecule is [O-][N+]1(c2ncc(Br)s2)CN(CCBr)CC1O. The van der Waals surface area contributed by atoms with Gasteiger partial charge in [-0.25, -0.2) is 4.90 Å². The molecule has 8 heteroatoms. The lowest BCUT2D eigenvalue weighted by atomic mass is 10.5. The lowest BCUT2D eigenvalue weighted by Gasteiger charge is -2.37. The number of quaternary nitrogens is 1. The van der Waals surface area contributed by atoms with Crippen molar-refractivity contribution >= 4 is 48.3 Å². The molecule has 1 aromatic heterocycles. The standard InChI is InChI=1S/C8H11Br2N3O2S/c9-1-2-12-4-7(14)13(15,5-12)8-11-3-6(10)16-8/h3,7,14H,1-2,4-5H2. The van der Waals surface area contributed by atoms with Crippen LogP contribution in [-0.2, 0) is 0 Å². The summed E-state index contributed by atoms with van der Waals surface area (Å²) in [5.41, 5.74) is 0. The fourth-order valence-corrected chi connectivity index (χ4v) is 3.46. The second-order valence-corrected chi connectivity index (χ2v) is 6.81. The molecule has 1 N–H and O–H groups in total. The second kappa shape index (κ2) is 4.97. The van der Waals surface area contributed by atoms with Gasteiger partial charge in [0.2, 0.25) is 6.23 Å². The van der Waals surface area contributed by atoms with Gasteiger partial charge < -0.3 is 10.3 Å². The Balaban J connectivity index is 2.19. The van der Waals surface area contributed by atoms with E-state index in [0.29, 0.717) is 11.7 Å². The Morgan fingerprint density at radius 3 is 3.06 bits per heavy atom. The van der Waals surface area contributed by atoms with E-state index in [2.05, 4.69) is 36.8 Å². The van der Waals surface area contributed by atoms with Crippen molar-refractivity contribution in [2.75, 3.05) is 25.1 Å². The molecular formula is C8H11Br2N3O2S. The summed E-state index contributed by atoms with van der Waals surface area (Å²) in [5.74, 6) is 0. The van der Waals surface area contributed by atoms with Crippen LogP contribution in [0.4, 0.5) is 5.13 Å². The summed E-state index contributed by atoms with van der Waals surface area (Å²) in [6, 6.07) is 0. The van der Waals surface area contributed by atoms with Crippen LogP contribution in [0, 0.1) is 5.21 Å². The number of alkyl halides is 1. The monoisotopic (exact) mass is 371 g/mol. The molecule has 1 aromatic rings. The molecular weight excluding hydrogens is 362 g/mol. The molecule has 1 aliphatic rings. The number of hydrogen-bond donors (Lipinski definition) is 1. The number of aliphatic hydroxyl groups is 1. The van der Waals surface area contributed by atoms with Crippen molar-refractivity contribution in [3.8, 4) is 0 Å². The summed E-state index contributed by atoms with van der Waals surface area (Å²) in [7, 11) is 0. The van der Waals surface area contributed by atoms with Crippen molar-refractivity contribution in [2.45, 2.75) is 6.23 Å². The molecule has 1 aliphatic heterocycles. The predicted molar refractivity (Wildman–Crippen MR) is 71.2 cm³/mol. The topological polar surface area (TPSA) is 59.4 Å². The molecule has 16 heavy (non-hydrogen) atoms. The highest BCUT2D eigenvalue weighted by molar-refractivity contribution is 9.11. The van der Waals surface area contributed by atoms with Crippen molar-refractivity contribution in [3.63, 3.8) is 0 Å². The number of rotatable bonds is 3. The zero-order chi connectivity index (χ0) is 11.8. The van der Waals surface area contributed by atoms with Crippen LogP contribution in [0.3, 0.4) is 0 Å². The summed E-state index contributed by atoms with van der Waals surface area (Å²) in [6.07, 6.45) is 0.648. The van der Waals surface area contributed by atoms with E-state index < -0.39 is 10.9 Å². The first-order chi connectivity index (χ1) is 7.56. The molecule has 2 rings (SSSR count). The largest absolute Gasteiger partial charge is 0.623 e. The first kappa shape index (κ1) is 12.9. The van der Waals surface area contributed by atoms with Gasteiger partial charge in [0, 0.05) is 11.9 Å². The van der Waals surface area contributed by atoms with Crippen molar-refractivity contribution in [1.29, 1.82) is 0 Å². The minimum absolute atomic E-state index is 0.257.